The van der Waals surface area contributed by atoms with Gasteiger partial charge < -0.3 is 10.1 Å². The minimum absolute atomic E-state index is 0.207. The first kappa shape index (κ1) is 23.7. The summed E-state index contributed by atoms with van der Waals surface area (Å²) in [6.07, 6.45) is -5.19. The van der Waals surface area contributed by atoms with Crippen LogP contribution in [-0.2, 0) is 15.7 Å². The Labute approximate surface area is 151 Å². The maximum atomic E-state index is 12.5. The van der Waals surface area contributed by atoms with Gasteiger partial charge in [-0.2, -0.15) is 13.2 Å². The number of halogens is 3. The smallest absolute Gasteiger partial charge is 0.422 e. The summed E-state index contributed by atoms with van der Waals surface area (Å²) >= 11 is 0. The number of rotatable bonds is 4. The zero-order valence-electron chi connectivity index (χ0n) is 15.7. The quantitative estimate of drug-likeness (QED) is 0.691. The molecule has 1 unspecified atom stereocenters. The number of hydrogen-bond acceptors (Lipinski definition) is 4. The fraction of sp³-hybridized carbons (Fsp3) is 0.529. The standard InChI is InChI=1S/C15H20F3N3O3.C2H6/c1-9(20-21-13(23)24-14(2,3)4)12(22)19-11-7-5-10(6-8-11)15(16,17)18;1-2/h5-9,20H,1-4H3,(H,19,22)(H,21,23);1-2H3. The van der Waals surface area contributed by atoms with Gasteiger partial charge in [0.25, 0.3) is 0 Å². The lowest BCUT2D eigenvalue weighted by molar-refractivity contribution is -0.137. The van der Waals surface area contributed by atoms with E-state index >= 15 is 0 Å². The molecule has 3 N–H and O–H groups in total. The molecule has 26 heavy (non-hydrogen) atoms. The van der Waals surface area contributed by atoms with Crippen LogP contribution in [0.3, 0.4) is 0 Å². The SMILES string of the molecule is CC.CC(NNC(=O)OC(C)(C)C)C(=O)Nc1ccc(C(F)(F)F)cc1. The number of anilines is 1. The van der Waals surface area contributed by atoms with Gasteiger partial charge in [-0.15, -0.1) is 0 Å². The van der Waals surface area contributed by atoms with E-state index in [1.54, 1.807) is 20.8 Å². The first-order valence-corrected chi connectivity index (χ1v) is 8.11. The van der Waals surface area contributed by atoms with Crippen molar-refractivity contribution in [3.8, 4) is 0 Å². The fourth-order valence-electron chi connectivity index (χ4n) is 1.53. The van der Waals surface area contributed by atoms with Crippen molar-refractivity contribution < 1.29 is 27.5 Å². The molecule has 1 atom stereocenters. The van der Waals surface area contributed by atoms with Crippen LogP contribution in [0.5, 0.6) is 0 Å². The molecule has 148 valence electrons. The third kappa shape index (κ3) is 9.26. The van der Waals surface area contributed by atoms with E-state index in [2.05, 4.69) is 16.2 Å². The van der Waals surface area contributed by atoms with E-state index in [1.165, 1.54) is 6.92 Å². The number of carbonyl (C=O) groups is 2. The zero-order valence-corrected chi connectivity index (χ0v) is 15.7. The Bertz CT molecular complexity index is 582. The average molecular weight is 377 g/mol. The Morgan fingerprint density at radius 2 is 1.54 bits per heavy atom. The second kappa shape index (κ2) is 10.0. The van der Waals surface area contributed by atoms with Gasteiger partial charge in [0.05, 0.1) is 5.56 Å². The summed E-state index contributed by atoms with van der Waals surface area (Å²) in [5.74, 6) is -0.536. The van der Waals surface area contributed by atoms with Crippen LogP contribution in [0.2, 0.25) is 0 Å². The third-order valence-electron chi connectivity index (χ3n) is 2.66. The predicted molar refractivity (Wildman–Crippen MR) is 93.4 cm³/mol. The number of carbonyl (C=O) groups excluding carboxylic acids is 2. The third-order valence-corrected chi connectivity index (χ3v) is 2.66. The van der Waals surface area contributed by atoms with Crippen molar-refractivity contribution >= 4 is 17.7 Å². The molecule has 0 bridgehead atoms. The van der Waals surface area contributed by atoms with Crippen molar-refractivity contribution in [3.63, 3.8) is 0 Å². The van der Waals surface area contributed by atoms with E-state index in [9.17, 15) is 22.8 Å². The zero-order chi connectivity index (χ0) is 20.5. The lowest BCUT2D eigenvalue weighted by atomic mass is 10.2. The Morgan fingerprint density at radius 1 is 1.04 bits per heavy atom. The van der Waals surface area contributed by atoms with Gasteiger partial charge in [0.1, 0.15) is 11.6 Å². The molecule has 6 nitrogen and oxygen atoms in total. The summed E-state index contributed by atoms with van der Waals surface area (Å²) in [5, 5.41) is 2.43. The van der Waals surface area contributed by atoms with E-state index < -0.39 is 35.4 Å². The lowest BCUT2D eigenvalue weighted by Crippen LogP contribution is -2.49. The van der Waals surface area contributed by atoms with Gasteiger partial charge in [0, 0.05) is 5.69 Å². The lowest BCUT2D eigenvalue weighted by Gasteiger charge is -2.21. The second-order valence-electron chi connectivity index (χ2n) is 6.06. The average Bonchev–Trinajstić information content (AvgIpc) is 2.52. The molecule has 0 saturated carbocycles. The van der Waals surface area contributed by atoms with Crippen LogP contribution in [0.4, 0.5) is 23.7 Å². The van der Waals surface area contributed by atoms with E-state index in [1.807, 2.05) is 13.8 Å². The highest BCUT2D eigenvalue weighted by Gasteiger charge is 2.30. The number of amides is 2. The molecule has 0 saturated heterocycles. The topological polar surface area (TPSA) is 79.5 Å². The van der Waals surface area contributed by atoms with Crippen molar-refractivity contribution in [1.29, 1.82) is 0 Å². The number of benzene rings is 1. The molecule has 0 fully saturated rings. The maximum absolute atomic E-state index is 12.5. The monoisotopic (exact) mass is 377 g/mol. The van der Waals surface area contributed by atoms with Crippen LogP contribution in [0.15, 0.2) is 24.3 Å². The molecule has 0 radical (unpaired) electrons. The Morgan fingerprint density at radius 3 is 1.96 bits per heavy atom. The summed E-state index contributed by atoms with van der Waals surface area (Å²) in [5.41, 5.74) is 3.38. The van der Waals surface area contributed by atoms with Gasteiger partial charge in [-0.25, -0.2) is 10.2 Å². The van der Waals surface area contributed by atoms with Crippen LogP contribution >= 0.6 is 0 Å². The molecule has 0 aliphatic carbocycles. The normalized spacial score (nSPS) is 12.3. The summed E-state index contributed by atoms with van der Waals surface area (Å²) in [6, 6.07) is 3.20. The van der Waals surface area contributed by atoms with Gasteiger partial charge in [0.15, 0.2) is 0 Å². The van der Waals surface area contributed by atoms with E-state index in [0.717, 1.165) is 24.3 Å². The number of hydrazine groups is 1. The molecule has 9 heteroatoms. The summed E-state index contributed by atoms with van der Waals surface area (Å²) in [4.78, 5) is 23.3. The van der Waals surface area contributed by atoms with E-state index in [0.29, 0.717) is 0 Å². The summed E-state index contributed by atoms with van der Waals surface area (Å²) in [6.45, 7) is 10.5. The fourth-order valence-corrected chi connectivity index (χ4v) is 1.53. The molecule has 0 aromatic heterocycles. The Balaban J connectivity index is 0.00000301. The largest absolute Gasteiger partial charge is 0.443 e. The molecule has 2 amide bonds. The van der Waals surface area contributed by atoms with Crippen molar-refractivity contribution in [2.24, 2.45) is 0 Å². The summed E-state index contributed by atoms with van der Waals surface area (Å²) < 4.78 is 42.3. The minimum Gasteiger partial charge on any atom is -0.443 e. The van der Waals surface area contributed by atoms with Crippen LogP contribution in [-0.4, -0.2) is 23.6 Å². The highest BCUT2D eigenvalue weighted by Crippen LogP contribution is 2.29. The van der Waals surface area contributed by atoms with E-state index in [-0.39, 0.29) is 5.69 Å². The Hall–Kier alpha value is -2.29. The number of ether oxygens (including phenoxy) is 1. The Kier molecular flexibility index (Phi) is 9.12. The molecule has 0 spiro atoms. The van der Waals surface area contributed by atoms with Crippen LogP contribution in [0, 0.1) is 0 Å². The van der Waals surface area contributed by atoms with Crippen molar-refractivity contribution in [2.45, 2.75) is 59.4 Å². The van der Waals surface area contributed by atoms with Crippen LogP contribution < -0.4 is 16.2 Å². The van der Waals surface area contributed by atoms with Gasteiger partial charge in [-0.1, -0.05) is 13.8 Å². The highest BCUT2D eigenvalue weighted by atomic mass is 19.4. The van der Waals surface area contributed by atoms with E-state index in [4.69, 9.17) is 4.74 Å². The predicted octanol–water partition coefficient (Wildman–Crippen LogP) is 4.09. The molecular formula is C17H26F3N3O3. The van der Waals surface area contributed by atoms with Crippen LogP contribution in [0.1, 0.15) is 47.1 Å². The van der Waals surface area contributed by atoms with Gasteiger partial charge in [-0.05, 0) is 52.0 Å². The molecular weight excluding hydrogens is 351 g/mol. The highest BCUT2D eigenvalue weighted by molar-refractivity contribution is 5.94. The van der Waals surface area contributed by atoms with Crippen LogP contribution in [0.25, 0.3) is 0 Å². The van der Waals surface area contributed by atoms with Crippen molar-refractivity contribution in [2.75, 3.05) is 5.32 Å². The minimum atomic E-state index is -4.44. The molecule has 0 aliphatic heterocycles. The number of hydrogen-bond donors (Lipinski definition) is 3. The number of nitrogens with one attached hydrogen (secondary N) is 3. The summed E-state index contributed by atoms with van der Waals surface area (Å²) in [7, 11) is 0. The van der Waals surface area contributed by atoms with Gasteiger partial charge in [-0.3, -0.25) is 10.2 Å². The molecule has 1 aromatic rings. The second-order valence-corrected chi connectivity index (χ2v) is 6.06. The maximum Gasteiger partial charge on any atom is 0.422 e. The molecule has 1 aromatic carbocycles. The molecule has 0 aliphatic rings. The van der Waals surface area contributed by atoms with Crippen molar-refractivity contribution in [1.82, 2.24) is 10.9 Å². The molecule has 0 heterocycles. The van der Waals surface area contributed by atoms with Crippen molar-refractivity contribution in [3.05, 3.63) is 29.8 Å². The first-order chi connectivity index (χ1) is 11.9. The first-order valence-electron chi connectivity index (χ1n) is 8.11. The number of alkyl halides is 3. The molecule has 1 rings (SSSR count). The van der Waals surface area contributed by atoms with Gasteiger partial charge >= 0.3 is 12.3 Å². The van der Waals surface area contributed by atoms with Gasteiger partial charge in [0.2, 0.25) is 5.91 Å².